The molecule has 26 heavy (non-hydrogen) atoms. The second kappa shape index (κ2) is 13.9. The second-order valence-electron chi connectivity index (χ2n) is 6.23. The van der Waals surface area contributed by atoms with Crippen LogP contribution in [0.1, 0.15) is 46.5 Å². The normalized spacial score (nSPS) is 16.3. The van der Waals surface area contributed by atoms with Gasteiger partial charge in [-0.05, 0) is 33.1 Å². The Morgan fingerprint density at radius 3 is 2.46 bits per heavy atom. The van der Waals surface area contributed by atoms with Crippen molar-refractivity contribution in [1.29, 1.82) is 0 Å². The number of guanidine groups is 1. The predicted octanol–water partition coefficient (Wildman–Crippen LogP) is 1.70. The molecule has 0 spiro atoms. The Labute approximate surface area is 173 Å². The molecule has 2 amide bonds. The van der Waals surface area contributed by atoms with Gasteiger partial charge in [-0.1, -0.05) is 6.92 Å². The van der Waals surface area contributed by atoms with Gasteiger partial charge in [-0.15, -0.1) is 24.0 Å². The molecule has 0 bridgehead atoms. The zero-order valence-electron chi connectivity index (χ0n) is 16.3. The van der Waals surface area contributed by atoms with Crippen LogP contribution in [0.5, 0.6) is 0 Å². The highest BCUT2D eigenvalue weighted by Crippen LogP contribution is 2.11. The van der Waals surface area contributed by atoms with Crippen molar-refractivity contribution >= 4 is 41.9 Å². The number of nitrogens with one attached hydrogen (secondary N) is 3. The van der Waals surface area contributed by atoms with Crippen LogP contribution < -0.4 is 16.0 Å². The molecule has 0 aromatic heterocycles. The number of hydrogen-bond donors (Lipinski definition) is 3. The van der Waals surface area contributed by atoms with E-state index in [1.165, 1.54) is 0 Å². The summed E-state index contributed by atoms with van der Waals surface area (Å²) in [5.41, 5.74) is 0. The molecular formula is C17H34IN5O3. The maximum atomic E-state index is 11.8. The van der Waals surface area contributed by atoms with Crippen LogP contribution in [-0.2, 0) is 9.53 Å². The first-order valence-electron chi connectivity index (χ1n) is 9.18. The lowest BCUT2D eigenvalue weighted by Crippen LogP contribution is -2.50. The van der Waals surface area contributed by atoms with E-state index in [1.807, 2.05) is 20.8 Å². The minimum absolute atomic E-state index is 0. The molecule has 152 valence electrons. The number of piperidine rings is 1. The predicted molar refractivity (Wildman–Crippen MR) is 114 cm³/mol. The molecule has 3 N–H and O–H groups in total. The van der Waals surface area contributed by atoms with E-state index in [-0.39, 0.29) is 48.1 Å². The van der Waals surface area contributed by atoms with Crippen molar-refractivity contribution in [2.75, 3.05) is 33.3 Å². The fourth-order valence-corrected chi connectivity index (χ4v) is 2.55. The van der Waals surface area contributed by atoms with Crippen molar-refractivity contribution < 1.29 is 14.3 Å². The van der Waals surface area contributed by atoms with Gasteiger partial charge in [0.1, 0.15) is 0 Å². The van der Waals surface area contributed by atoms with Crippen LogP contribution in [0, 0.1) is 0 Å². The monoisotopic (exact) mass is 483 g/mol. The first kappa shape index (κ1) is 24.7. The zero-order valence-corrected chi connectivity index (χ0v) is 18.7. The SMILES string of the molecule is CCOC(=O)N1CCC(NC(=NC)NCCC(=O)NC(C)CC)CC1.I. The third-order valence-corrected chi connectivity index (χ3v) is 4.25. The summed E-state index contributed by atoms with van der Waals surface area (Å²) < 4.78 is 5.02. The van der Waals surface area contributed by atoms with Gasteiger partial charge in [0, 0.05) is 45.2 Å². The van der Waals surface area contributed by atoms with Gasteiger partial charge in [0.05, 0.1) is 6.61 Å². The molecule has 1 heterocycles. The summed E-state index contributed by atoms with van der Waals surface area (Å²) in [6, 6.07) is 0.459. The number of hydrogen-bond acceptors (Lipinski definition) is 4. The minimum Gasteiger partial charge on any atom is -0.450 e. The Hall–Kier alpha value is -1.26. The van der Waals surface area contributed by atoms with E-state index in [1.54, 1.807) is 11.9 Å². The highest BCUT2D eigenvalue weighted by Gasteiger charge is 2.24. The number of halogens is 1. The number of carbonyl (C=O) groups is 2. The van der Waals surface area contributed by atoms with Crippen molar-refractivity contribution in [3.8, 4) is 0 Å². The molecule has 1 fully saturated rings. The highest BCUT2D eigenvalue weighted by atomic mass is 127. The average Bonchev–Trinajstić information content (AvgIpc) is 2.61. The summed E-state index contributed by atoms with van der Waals surface area (Å²) in [6.45, 7) is 8.12. The number of likely N-dealkylation sites (tertiary alicyclic amines) is 1. The number of rotatable bonds is 7. The van der Waals surface area contributed by atoms with E-state index in [4.69, 9.17) is 4.74 Å². The summed E-state index contributed by atoms with van der Waals surface area (Å²) in [5.74, 6) is 0.728. The summed E-state index contributed by atoms with van der Waals surface area (Å²) in [6.07, 6.45) is 2.78. The number of carbonyl (C=O) groups excluding carboxylic acids is 2. The Bertz CT molecular complexity index is 454. The van der Waals surface area contributed by atoms with Crippen molar-refractivity contribution in [3.63, 3.8) is 0 Å². The number of aliphatic imine (C=N–C) groups is 1. The molecule has 1 aliphatic heterocycles. The van der Waals surface area contributed by atoms with Gasteiger partial charge in [-0.3, -0.25) is 9.79 Å². The van der Waals surface area contributed by atoms with E-state index in [2.05, 4.69) is 20.9 Å². The molecule has 0 saturated carbocycles. The second-order valence-corrected chi connectivity index (χ2v) is 6.23. The van der Waals surface area contributed by atoms with Crippen LogP contribution in [-0.4, -0.2) is 68.2 Å². The Morgan fingerprint density at radius 2 is 1.92 bits per heavy atom. The van der Waals surface area contributed by atoms with Crippen molar-refractivity contribution in [2.24, 2.45) is 4.99 Å². The van der Waals surface area contributed by atoms with E-state index in [0.717, 1.165) is 19.3 Å². The summed E-state index contributed by atoms with van der Waals surface area (Å²) in [7, 11) is 1.71. The summed E-state index contributed by atoms with van der Waals surface area (Å²) in [4.78, 5) is 29.4. The van der Waals surface area contributed by atoms with Crippen LogP contribution in [0.3, 0.4) is 0 Å². The smallest absolute Gasteiger partial charge is 0.409 e. The van der Waals surface area contributed by atoms with Gasteiger partial charge in [-0.25, -0.2) is 4.79 Å². The summed E-state index contributed by atoms with van der Waals surface area (Å²) in [5, 5.41) is 9.46. The molecule has 0 aromatic carbocycles. The third-order valence-electron chi connectivity index (χ3n) is 4.25. The largest absolute Gasteiger partial charge is 0.450 e. The van der Waals surface area contributed by atoms with Gasteiger partial charge >= 0.3 is 6.09 Å². The molecule has 1 unspecified atom stereocenters. The lowest BCUT2D eigenvalue weighted by Gasteiger charge is -2.32. The Kier molecular flexibility index (Phi) is 13.2. The van der Waals surface area contributed by atoms with Gasteiger partial charge in [0.2, 0.25) is 5.91 Å². The molecule has 1 saturated heterocycles. The van der Waals surface area contributed by atoms with Crippen LogP contribution in [0.2, 0.25) is 0 Å². The highest BCUT2D eigenvalue weighted by molar-refractivity contribution is 14.0. The van der Waals surface area contributed by atoms with Crippen molar-refractivity contribution in [1.82, 2.24) is 20.9 Å². The standard InChI is InChI=1S/C17H33N5O3.HI/c1-5-13(3)20-15(23)7-10-19-16(18-4)21-14-8-11-22(12-9-14)17(24)25-6-2;/h13-14H,5-12H2,1-4H3,(H,20,23)(H2,18,19,21);1H. The van der Waals surface area contributed by atoms with Gasteiger partial charge in [0.15, 0.2) is 5.96 Å². The lowest BCUT2D eigenvalue weighted by atomic mass is 10.1. The van der Waals surface area contributed by atoms with E-state index in [9.17, 15) is 9.59 Å². The fourth-order valence-electron chi connectivity index (χ4n) is 2.55. The zero-order chi connectivity index (χ0) is 18.7. The average molecular weight is 483 g/mol. The molecule has 0 aromatic rings. The molecule has 0 radical (unpaired) electrons. The number of amides is 2. The Morgan fingerprint density at radius 1 is 1.27 bits per heavy atom. The van der Waals surface area contributed by atoms with Crippen LogP contribution in [0.25, 0.3) is 0 Å². The van der Waals surface area contributed by atoms with E-state index >= 15 is 0 Å². The topological polar surface area (TPSA) is 95.1 Å². The molecule has 1 rings (SSSR count). The Balaban J connectivity index is 0.00000625. The fraction of sp³-hybridized carbons (Fsp3) is 0.824. The maximum Gasteiger partial charge on any atom is 0.409 e. The van der Waals surface area contributed by atoms with Crippen molar-refractivity contribution in [3.05, 3.63) is 0 Å². The molecule has 1 aliphatic rings. The molecule has 0 aliphatic carbocycles. The van der Waals surface area contributed by atoms with Gasteiger partial charge in [-0.2, -0.15) is 0 Å². The number of ether oxygens (including phenoxy) is 1. The van der Waals surface area contributed by atoms with Gasteiger partial charge < -0.3 is 25.6 Å². The van der Waals surface area contributed by atoms with Crippen molar-refractivity contribution in [2.45, 2.75) is 58.5 Å². The van der Waals surface area contributed by atoms with Crippen LogP contribution >= 0.6 is 24.0 Å². The van der Waals surface area contributed by atoms with Crippen LogP contribution in [0.15, 0.2) is 4.99 Å². The molecule has 9 heteroatoms. The first-order chi connectivity index (χ1) is 12.0. The van der Waals surface area contributed by atoms with Gasteiger partial charge in [0.25, 0.3) is 0 Å². The van der Waals surface area contributed by atoms with E-state index < -0.39 is 0 Å². The number of nitrogens with zero attached hydrogens (tertiary/aromatic N) is 2. The first-order valence-corrected chi connectivity index (χ1v) is 9.18. The van der Waals surface area contributed by atoms with E-state index in [0.29, 0.717) is 38.6 Å². The maximum absolute atomic E-state index is 11.8. The molecule has 8 nitrogen and oxygen atoms in total. The quantitative estimate of drug-likeness (QED) is 0.291. The van der Waals surface area contributed by atoms with Crippen LogP contribution in [0.4, 0.5) is 4.79 Å². The third kappa shape index (κ3) is 9.44. The molecule has 1 atom stereocenters. The summed E-state index contributed by atoms with van der Waals surface area (Å²) >= 11 is 0. The molecular weight excluding hydrogens is 449 g/mol. The lowest BCUT2D eigenvalue weighted by molar-refractivity contribution is -0.121. The minimum atomic E-state index is -0.240.